The number of carbonyl (C=O) groups excluding carboxylic acids is 1. The second-order valence-corrected chi connectivity index (χ2v) is 7.10. The van der Waals surface area contributed by atoms with E-state index in [0.717, 1.165) is 41.1 Å². The largest absolute Gasteiger partial charge is 0.352 e. The monoisotopic (exact) mass is 384 g/mol. The van der Waals surface area contributed by atoms with Gasteiger partial charge in [-0.15, -0.1) is 0 Å². The Bertz CT molecular complexity index is 817. The van der Waals surface area contributed by atoms with E-state index < -0.39 is 0 Å². The molecule has 1 aliphatic rings. The first-order valence-electron chi connectivity index (χ1n) is 9.23. The first kappa shape index (κ1) is 19.2. The lowest BCUT2D eigenvalue weighted by Crippen LogP contribution is -2.36. The second-order valence-electron chi connectivity index (χ2n) is 6.69. The van der Waals surface area contributed by atoms with E-state index in [1.54, 1.807) is 7.05 Å². The predicted molar refractivity (Wildman–Crippen MR) is 111 cm³/mol. The summed E-state index contributed by atoms with van der Waals surface area (Å²) < 4.78 is 0. The van der Waals surface area contributed by atoms with Gasteiger partial charge in [0.2, 0.25) is 5.91 Å². The molecule has 142 valence electrons. The highest BCUT2D eigenvalue weighted by Crippen LogP contribution is 2.27. The van der Waals surface area contributed by atoms with Crippen molar-refractivity contribution in [3.8, 4) is 0 Å². The Morgan fingerprint density at radius 1 is 1.11 bits per heavy atom. The van der Waals surface area contributed by atoms with Crippen LogP contribution >= 0.6 is 11.6 Å². The van der Waals surface area contributed by atoms with Crippen LogP contribution in [0.5, 0.6) is 0 Å². The van der Waals surface area contributed by atoms with Gasteiger partial charge in [-0.25, -0.2) is 0 Å². The predicted octanol–water partition coefficient (Wildman–Crippen LogP) is 3.94. The van der Waals surface area contributed by atoms with E-state index in [1.807, 2.05) is 48.5 Å². The summed E-state index contributed by atoms with van der Waals surface area (Å²) in [6, 6.07) is 15.6. The molecule has 0 atom stereocenters. The second kappa shape index (κ2) is 9.42. The van der Waals surface area contributed by atoms with Crippen LogP contribution in [0.1, 0.15) is 30.4 Å². The SMILES string of the molecule is CN=C(NCc1cccc(NC(=O)C2CCC2)c1)NCc1ccccc1Cl. The molecule has 27 heavy (non-hydrogen) atoms. The molecule has 1 aliphatic carbocycles. The molecule has 2 aromatic carbocycles. The van der Waals surface area contributed by atoms with Crippen LogP contribution < -0.4 is 16.0 Å². The molecule has 0 bridgehead atoms. The summed E-state index contributed by atoms with van der Waals surface area (Å²) in [7, 11) is 1.73. The van der Waals surface area contributed by atoms with Crippen molar-refractivity contribution >= 4 is 29.2 Å². The minimum absolute atomic E-state index is 0.128. The third-order valence-corrected chi connectivity index (χ3v) is 5.13. The molecule has 0 spiro atoms. The number of rotatable bonds is 6. The summed E-state index contributed by atoms with van der Waals surface area (Å²) in [5.41, 5.74) is 2.93. The maximum absolute atomic E-state index is 12.1. The molecule has 0 radical (unpaired) electrons. The van der Waals surface area contributed by atoms with Crippen LogP contribution in [0.4, 0.5) is 5.69 Å². The van der Waals surface area contributed by atoms with Gasteiger partial charge in [-0.2, -0.15) is 0 Å². The summed E-state index contributed by atoms with van der Waals surface area (Å²) >= 11 is 6.18. The topological polar surface area (TPSA) is 65.5 Å². The molecule has 1 amide bonds. The fourth-order valence-electron chi connectivity index (χ4n) is 2.90. The number of amides is 1. The molecular weight excluding hydrogens is 360 g/mol. The van der Waals surface area contributed by atoms with Crippen molar-refractivity contribution in [2.24, 2.45) is 10.9 Å². The van der Waals surface area contributed by atoms with Gasteiger partial charge in [-0.1, -0.05) is 48.4 Å². The fraction of sp³-hybridized carbons (Fsp3) is 0.333. The number of nitrogens with zero attached hydrogens (tertiary/aromatic N) is 1. The smallest absolute Gasteiger partial charge is 0.227 e. The van der Waals surface area contributed by atoms with Crippen molar-refractivity contribution in [3.05, 3.63) is 64.7 Å². The molecule has 0 heterocycles. The van der Waals surface area contributed by atoms with Crippen molar-refractivity contribution in [1.29, 1.82) is 0 Å². The van der Waals surface area contributed by atoms with Gasteiger partial charge in [0.1, 0.15) is 0 Å². The Kier molecular flexibility index (Phi) is 6.71. The lowest BCUT2D eigenvalue weighted by molar-refractivity contribution is -0.122. The highest BCUT2D eigenvalue weighted by atomic mass is 35.5. The van der Waals surface area contributed by atoms with Gasteiger partial charge < -0.3 is 16.0 Å². The van der Waals surface area contributed by atoms with Crippen LogP contribution in [-0.2, 0) is 17.9 Å². The number of halogens is 1. The zero-order chi connectivity index (χ0) is 19.1. The zero-order valence-corrected chi connectivity index (χ0v) is 16.2. The van der Waals surface area contributed by atoms with E-state index in [4.69, 9.17) is 11.6 Å². The summed E-state index contributed by atoms with van der Waals surface area (Å²) in [5.74, 6) is 1.00. The highest BCUT2D eigenvalue weighted by molar-refractivity contribution is 6.31. The van der Waals surface area contributed by atoms with Crippen LogP contribution in [0.25, 0.3) is 0 Å². The first-order valence-corrected chi connectivity index (χ1v) is 9.61. The van der Waals surface area contributed by atoms with Crippen LogP contribution in [0.3, 0.4) is 0 Å². The van der Waals surface area contributed by atoms with E-state index >= 15 is 0 Å². The third-order valence-electron chi connectivity index (χ3n) is 4.76. The molecule has 0 aliphatic heterocycles. The molecule has 6 heteroatoms. The molecule has 3 N–H and O–H groups in total. The van der Waals surface area contributed by atoms with Gasteiger partial charge in [-0.3, -0.25) is 9.79 Å². The van der Waals surface area contributed by atoms with Gasteiger partial charge in [0.25, 0.3) is 0 Å². The molecule has 3 rings (SSSR count). The van der Waals surface area contributed by atoms with E-state index in [2.05, 4.69) is 20.9 Å². The minimum atomic E-state index is 0.128. The number of hydrogen-bond donors (Lipinski definition) is 3. The van der Waals surface area contributed by atoms with Gasteiger partial charge in [0, 0.05) is 36.8 Å². The average molecular weight is 385 g/mol. The maximum atomic E-state index is 12.1. The molecule has 1 saturated carbocycles. The maximum Gasteiger partial charge on any atom is 0.227 e. The number of guanidine groups is 1. The van der Waals surface area contributed by atoms with Gasteiger partial charge >= 0.3 is 0 Å². The van der Waals surface area contributed by atoms with Gasteiger partial charge in [-0.05, 0) is 42.2 Å². The van der Waals surface area contributed by atoms with Crippen molar-refractivity contribution in [1.82, 2.24) is 10.6 Å². The summed E-state index contributed by atoms with van der Waals surface area (Å²) in [6.07, 6.45) is 3.16. The summed E-state index contributed by atoms with van der Waals surface area (Å²) in [6.45, 7) is 1.20. The Balaban J connectivity index is 1.51. The number of carbonyl (C=O) groups is 1. The number of aliphatic imine (C=N–C) groups is 1. The Morgan fingerprint density at radius 2 is 1.89 bits per heavy atom. The summed E-state index contributed by atoms with van der Waals surface area (Å²) in [4.78, 5) is 16.3. The van der Waals surface area contributed by atoms with Crippen molar-refractivity contribution in [3.63, 3.8) is 0 Å². The number of hydrogen-bond acceptors (Lipinski definition) is 2. The third kappa shape index (κ3) is 5.47. The molecule has 0 unspecified atom stereocenters. The lowest BCUT2D eigenvalue weighted by atomic mass is 9.85. The normalized spacial score (nSPS) is 14.4. The van der Waals surface area contributed by atoms with Crippen LogP contribution in [-0.4, -0.2) is 18.9 Å². The van der Waals surface area contributed by atoms with E-state index in [1.165, 1.54) is 0 Å². The van der Waals surface area contributed by atoms with Crippen LogP contribution in [0.15, 0.2) is 53.5 Å². The molecule has 2 aromatic rings. The summed E-state index contributed by atoms with van der Waals surface area (Å²) in [5, 5.41) is 10.3. The zero-order valence-electron chi connectivity index (χ0n) is 15.5. The number of benzene rings is 2. The molecular formula is C21H25ClN4O. The van der Waals surface area contributed by atoms with Crippen molar-refractivity contribution < 1.29 is 4.79 Å². The van der Waals surface area contributed by atoms with Crippen molar-refractivity contribution in [2.45, 2.75) is 32.4 Å². The molecule has 1 fully saturated rings. The fourth-order valence-corrected chi connectivity index (χ4v) is 3.10. The lowest BCUT2D eigenvalue weighted by Gasteiger charge is -2.24. The number of anilines is 1. The Labute approximate surface area is 165 Å². The molecule has 0 saturated heterocycles. The van der Waals surface area contributed by atoms with Crippen molar-refractivity contribution in [2.75, 3.05) is 12.4 Å². The van der Waals surface area contributed by atoms with Crippen LogP contribution in [0, 0.1) is 5.92 Å². The number of nitrogens with one attached hydrogen (secondary N) is 3. The minimum Gasteiger partial charge on any atom is -0.352 e. The van der Waals surface area contributed by atoms with Gasteiger partial charge in [0.15, 0.2) is 5.96 Å². The standard InChI is InChI=1S/C21H25ClN4O/c1-23-21(25-14-17-7-2-3-11-19(17)22)24-13-15-6-4-10-18(12-15)26-20(27)16-8-5-9-16/h2-4,6-7,10-12,16H,5,8-9,13-14H2,1H3,(H,26,27)(H2,23,24,25). The van der Waals surface area contributed by atoms with E-state index in [9.17, 15) is 4.79 Å². The van der Waals surface area contributed by atoms with E-state index in [-0.39, 0.29) is 11.8 Å². The average Bonchev–Trinajstić information content (AvgIpc) is 2.62. The van der Waals surface area contributed by atoms with Gasteiger partial charge in [0.05, 0.1) is 0 Å². The molecule has 0 aromatic heterocycles. The van der Waals surface area contributed by atoms with E-state index in [0.29, 0.717) is 19.0 Å². The Morgan fingerprint density at radius 3 is 2.59 bits per heavy atom. The highest BCUT2D eigenvalue weighted by Gasteiger charge is 2.25. The Hall–Kier alpha value is -2.53. The van der Waals surface area contributed by atoms with Crippen LogP contribution in [0.2, 0.25) is 5.02 Å². The molecule has 5 nitrogen and oxygen atoms in total. The first-order chi connectivity index (χ1) is 13.2. The quantitative estimate of drug-likeness (QED) is 0.522.